The summed E-state index contributed by atoms with van der Waals surface area (Å²) in [6, 6.07) is 4.13. The molecule has 1 aliphatic carbocycles. The van der Waals surface area contributed by atoms with Crippen molar-refractivity contribution in [3.05, 3.63) is 23.8 Å². The largest absolute Gasteiger partial charge is 0.454 e. The lowest BCUT2D eigenvalue weighted by atomic mass is 9.74. The minimum absolute atomic E-state index is 0.127. The Morgan fingerprint density at radius 1 is 0.900 bits per heavy atom. The molecule has 6 N–H and O–H groups in total. The van der Waals surface area contributed by atoms with Gasteiger partial charge in [-0.3, -0.25) is 0 Å². The van der Waals surface area contributed by atoms with Crippen LogP contribution in [0.3, 0.4) is 0 Å². The molecular formula is C13H17NO6. The molecule has 1 aliphatic heterocycles. The van der Waals surface area contributed by atoms with E-state index in [-0.39, 0.29) is 6.79 Å². The average Bonchev–Trinajstić information content (AvgIpc) is 2.91. The van der Waals surface area contributed by atoms with Crippen LogP contribution >= 0.6 is 0 Å². The molecule has 0 spiro atoms. The fraction of sp³-hybridized carbons (Fsp3) is 0.538. The predicted molar refractivity (Wildman–Crippen MR) is 67.3 cm³/mol. The molecule has 7 heteroatoms. The summed E-state index contributed by atoms with van der Waals surface area (Å²) in [4.78, 5) is 0. The summed E-state index contributed by atoms with van der Waals surface area (Å²) in [5.41, 5.74) is 6.50. The van der Waals surface area contributed by atoms with Crippen LogP contribution in [0.2, 0.25) is 0 Å². The van der Waals surface area contributed by atoms with Gasteiger partial charge in [-0.05, 0) is 17.7 Å². The molecule has 0 aromatic heterocycles. The molecule has 1 fully saturated rings. The van der Waals surface area contributed by atoms with Crippen molar-refractivity contribution in [3.8, 4) is 11.5 Å². The van der Waals surface area contributed by atoms with E-state index in [0.717, 1.165) is 0 Å². The van der Waals surface area contributed by atoms with Crippen molar-refractivity contribution in [1.82, 2.24) is 0 Å². The maximum Gasteiger partial charge on any atom is 0.231 e. The minimum Gasteiger partial charge on any atom is -0.454 e. The number of aliphatic hydroxyl groups is 4. The van der Waals surface area contributed by atoms with Gasteiger partial charge in [-0.2, -0.15) is 0 Å². The van der Waals surface area contributed by atoms with Crippen molar-refractivity contribution in [1.29, 1.82) is 0 Å². The summed E-state index contributed by atoms with van der Waals surface area (Å²) in [6.07, 6.45) is -5.52. The molecule has 2 aliphatic rings. The molecule has 4 unspecified atom stereocenters. The van der Waals surface area contributed by atoms with E-state index in [0.29, 0.717) is 17.1 Å². The van der Waals surface area contributed by atoms with Gasteiger partial charge in [-0.1, -0.05) is 6.07 Å². The number of hydrogen-bond acceptors (Lipinski definition) is 7. The smallest absolute Gasteiger partial charge is 0.231 e. The molecule has 1 heterocycles. The number of benzene rings is 1. The summed E-state index contributed by atoms with van der Waals surface area (Å²) >= 11 is 0. The Kier molecular flexibility index (Phi) is 3.31. The highest BCUT2D eigenvalue weighted by Crippen LogP contribution is 2.39. The Morgan fingerprint density at radius 3 is 2.30 bits per heavy atom. The van der Waals surface area contributed by atoms with Crippen LogP contribution in [0.4, 0.5) is 0 Å². The van der Waals surface area contributed by atoms with Crippen LogP contribution in [0, 0.1) is 0 Å². The first-order chi connectivity index (χ1) is 9.50. The number of hydrogen-bond donors (Lipinski definition) is 5. The van der Waals surface area contributed by atoms with Crippen LogP contribution < -0.4 is 15.2 Å². The molecule has 7 nitrogen and oxygen atoms in total. The second-order valence-electron chi connectivity index (χ2n) is 5.18. The molecule has 6 atom stereocenters. The highest BCUT2D eigenvalue weighted by Gasteiger charge is 2.47. The summed E-state index contributed by atoms with van der Waals surface area (Å²) in [6.45, 7) is 0.127. The number of rotatable bonds is 1. The van der Waals surface area contributed by atoms with E-state index >= 15 is 0 Å². The van der Waals surface area contributed by atoms with Gasteiger partial charge in [0.1, 0.15) is 12.2 Å². The van der Waals surface area contributed by atoms with Crippen molar-refractivity contribution >= 4 is 0 Å². The van der Waals surface area contributed by atoms with E-state index in [9.17, 15) is 20.4 Å². The van der Waals surface area contributed by atoms with Gasteiger partial charge in [-0.25, -0.2) is 0 Å². The molecule has 0 amide bonds. The minimum atomic E-state index is -1.47. The Bertz CT molecular complexity index is 494. The van der Waals surface area contributed by atoms with E-state index in [1.807, 2.05) is 0 Å². The van der Waals surface area contributed by atoms with Crippen molar-refractivity contribution in [2.24, 2.45) is 5.73 Å². The lowest BCUT2D eigenvalue weighted by molar-refractivity contribution is -0.151. The molecule has 110 valence electrons. The molecule has 1 aromatic rings. The average molecular weight is 283 g/mol. The van der Waals surface area contributed by atoms with Gasteiger partial charge >= 0.3 is 0 Å². The van der Waals surface area contributed by atoms with Crippen LogP contribution in [0.15, 0.2) is 18.2 Å². The SMILES string of the molecule is N[C@H]1C(O)C(O)[C@@H](O)C(O)C1c1ccc2c(c1)OCO2. The second kappa shape index (κ2) is 4.87. The monoisotopic (exact) mass is 283 g/mol. The maximum atomic E-state index is 10.1. The zero-order chi connectivity index (χ0) is 14.4. The van der Waals surface area contributed by atoms with Crippen LogP contribution in [-0.4, -0.2) is 57.7 Å². The van der Waals surface area contributed by atoms with E-state index in [1.165, 1.54) is 0 Å². The van der Waals surface area contributed by atoms with Crippen LogP contribution in [-0.2, 0) is 0 Å². The van der Waals surface area contributed by atoms with Gasteiger partial charge in [0, 0.05) is 12.0 Å². The van der Waals surface area contributed by atoms with E-state index in [4.69, 9.17) is 15.2 Å². The normalized spacial score (nSPS) is 39.9. The fourth-order valence-electron chi connectivity index (χ4n) is 2.82. The molecule has 0 saturated heterocycles. The van der Waals surface area contributed by atoms with Crippen molar-refractivity contribution in [2.75, 3.05) is 6.79 Å². The maximum absolute atomic E-state index is 10.1. The third-order valence-electron chi connectivity index (χ3n) is 4.01. The summed E-state index contributed by atoms with van der Waals surface area (Å²) in [5, 5.41) is 39.4. The molecular weight excluding hydrogens is 266 g/mol. The number of nitrogens with two attached hydrogens (primary N) is 1. The molecule has 0 bridgehead atoms. The summed E-state index contributed by atoms with van der Waals surface area (Å²) in [5.74, 6) is 0.406. The number of fused-ring (bicyclic) bond motifs is 1. The third-order valence-corrected chi connectivity index (χ3v) is 4.01. The molecule has 20 heavy (non-hydrogen) atoms. The van der Waals surface area contributed by atoms with Crippen LogP contribution in [0.1, 0.15) is 11.5 Å². The van der Waals surface area contributed by atoms with Gasteiger partial charge < -0.3 is 35.6 Å². The fourth-order valence-corrected chi connectivity index (χ4v) is 2.82. The Hall–Kier alpha value is -1.38. The second-order valence-corrected chi connectivity index (χ2v) is 5.18. The van der Waals surface area contributed by atoms with Gasteiger partial charge in [0.05, 0.1) is 12.2 Å². The first-order valence-corrected chi connectivity index (χ1v) is 6.38. The Morgan fingerprint density at radius 2 is 1.55 bits per heavy atom. The van der Waals surface area contributed by atoms with Gasteiger partial charge in [0.15, 0.2) is 11.5 Å². The molecule has 1 saturated carbocycles. The van der Waals surface area contributed by atoms with Crippen molar-refractivity contribution in [3.63, 3.8) is 0 Å². The molecule has 3 rings (SSSR count). The zero-order valence-electron chi connectivity index (χ0n) is 10.6. The van der Waals surface area contributed by atoms with E-state index in [1.54, 1.807) is 18.2 Å². The quantitative estimate of drug-likeness (QED) is 0.415. The molecule has 1 aromatic carbocycles. The van der Waals surface area contributed by atoms with Crippen molar-refractivity contribution < 1.29 is 29.9 Å². The third kappa shape index (κ3) is 1.95. The Labute approximate surface area is 115 Å². The lowest BCUT2D eigenvalue weighted by Crippen LogP contribution is -2.62. The number of aliphatic hydroxyl groups excluding tert-OH is 4. The van der Waals surface area contributed by atoms with E-state index < -0.39 is 36.4 Å². The standard InChI is InChI=1S/C13H17NO6/c14-9-8(10(15)12(17)13(18)11(9)16)5-1-2-6-7(3-5)20-4-19-6/h1-3,8-13,15-18H,4,14H2/t8?,9-,10?,11?,12+,13?/m1/s1. The number of ether oxygens (including phenoxy) is 2. The summed E-state index contributed by atoms with van der Waals surface area (Å²) in [7, 11) is 0. The first-order valence-electron chi connectivity index (χ1n) is 6.38. The van der Waals surface area contributed by atoms with Crippen molar-refractivity contribution in [2.45, 2.75) is 36.4 Å². The van der Waals surface area contributed by atoms with E-state index in [2.05, 4.69) is 0 Å². The lowest BCUT2D eigenvalue weighted by Gasteiger charge is -2.42. The van der Waals surface area contributed by atoms with Gasteiger partial charge in [0.25, 0.3) is 0 Å². The van der Waals surface area contributed by atoms with Crippen LogP contribution in [0.25, 0.3) is 0 Å². The topological polar surface area (TPSA) is 125 Å². The Balaban J connectivity index is 1.95. The zero-order valence-corrected chi connectivity index (χ0v) is 10.6. The van der Waals surface area contributed by atoms with Gasteiger partial charge in [0.2, 0.25) is 6.79 Å². The predicted octanol–water partition coefficient (Wildman–Crippen LogP) is -1.72. The summed E-state index contributed by atoms with van der Waals surface area (Å²) < 4.78 is 10.5. The first kappa shape index (κ1) is 13.6. The van der Waals surface area contributed by atoms with Gasteiger partial charge in [-0.15, -0.1) is 0 Å². The highest BCUT2D eigenvalue weighted by atomic mass is 16.7. The molecule has 0 radical (unpaired) electrons. The highest BCUT2D eigenvalue weighted by molar-refractivity contribution is 5.46. The van der Waals surface area contributed by atoms with Crippen LogP contribution in [0.5, 0.6) is 11.5 Å².